The molecule has 0 radical (unpaired) electrons. The van der Waals surface area contributed by atoms with E-state index < -0.39 is 5.92 Å². The van der Waals surface area contributed by atoms with E-state index in [1.165, 1.54) is 0 Å². The number of Topliss-reactive ketones (excluding diaryl/α,β-unsaturated/α-hetero) is 1. The number of hydrogen-bond donors (Lipinski definition) is 0. The highest BCUT2D eigenvalue weighted by molar-refractivity contribution is 6.13. The number of hydrogen-bond acceptors (Lipinski definition) is 3. The summed E-state index contributed by atoms with van der Waals surface area (Å²) < 4.78 is 5.21. The van der Waals surface area contributed by atoms with Gasteiger partial charge < -0.3 is 9.32 Å². The van der Waals surface area contributed by atoms with Crippen LogP contribution >= 0.6 is 0 Å². The SMILES string of the molecule is C=CCN(CC=C)C(=O)C1CC/C(=C\c2ccco2)C1=O. The van der Waals surface area contributed by atoms with E-state index in [-0.39, 0.29) is 11.7 Å². The lowest BCUT2D eigenvalue weighted by molar-refractivity contribution is -0.138. The molecule has 1 aromatic rings. The predicted octanol–water partition coefficient (Wildman–Crippen LogP) is 2.84. The summed E-state index contributed by atoms with van der Waals surface area (Å²) in [5.41, 5.74) is 0.653. The lowest BCUT2D eigenvalue weighted by Gasteiger charge is -2.22. The third kappa shape index (κ3) is 3.40. The Morgan fingerprint density at radius 3 is 2.67 bits per heavy atom. The summed E-state index contributed by atoms with van der Waals surface area (Å²) in [6.45, 7) is 8.12. The van der Waals surface area contributed by atoms with Crippen molar-refractivity contribution in [2.24, 2.45) is 5.92 Å². The third-order valence-corrected chi connectivity index (χ3v) is 3.50. The van der Waals surface area contributed by atoms with Gasteiger partial charge in [0.05, 0.1) is 6.26 Å². The van der Waals surface area contributed by atoms with Crippen LogP contribution in [0.3, 0.4) is 0 Å². The number of furan rings is 1. The fourth-order valence-corrected chi connectivity index (χ4v) is 2.49. The zero-order chi connectivity index (χ0) is 15.2. The van der Waals surface area contributed by atoms with E-state index in [1.54, 1.807) is 41.5 Å². The second-order valence-electron chi connectivity index (χ2n) is 4.96. The first-order valence-electron chi connectivity index (χ1n) is 6.96. The second kappa shape index (κ2) is 6.88. The highest BCUT2D eigenvalue weighted by Gasteiger charge is 2.36. The Kier molecular flexibility index (Phi) is 4.93. The molecule has 4 nitrogen and oxygen atoms in total. The average molecular weight is 285 g/mol. The van der Waals surface area contributed by atoms with E-state index >= 15 is 0 Å². The molecule has 0 saturated heterocycles. The van der Waals surface area contributed by atoms with E-state index in [9.17, 15) is 9.59 Å². The average Bonchev–Trinajstić information content (AvgIpc) is 3.10. The Balaban J connectivity index is 2.11. The zero-order valence-electron chi connectivity index (χ0n) is 12.0. The molecular weight excluding hydrogens is 266 g/mol. The molecule has 110 valence electrons. The van der Waals surface area contributed by atoms with Crippen molar-refractivity contribution < 1.29 is 14.0 Å². The topological polar surface area (TPSA) is 50.5 Å². The normalized spacial score (nSPS) is 19.7. The largest absolute Gasteiger partial charge is 0.465 e. The summed E-state index contributed by atoms with van der Waals surface area (Å²) in [7, 11) is 0. The molecule has 1 heterocycles. The lowest BCUT2D eigenvalue weighted by atomic mass is 10.0. The number of carbonyl (C=O) groups excluding carboxylic acids is 2. The first kappa shape index (κ1) is 15.0. The molecular formula is C17H19NO3. The van der Waals surface area contributed by atoms with Gasteiger partial charge in [-0.15, -0.1) is 13.2 Å². The van der Waals surface area contributed by atoms with Crippen molar-refractivity contribution in [1.82, 2.24) is 4.90 Å². The molecule has 1 aliphatic rings. The quantitative estimate of drug-likeness (QED) is 0.459. The van der Waals surface area contributed by atoms with Crippen LogP contribution in [0.2, 0.25) is 0 Å². The summed E-state index contributed by atoms with van der Waals surface area (Å²) in [4.78, 5) is 26.4. The van der Waals surface area contributed by atoms with Gasteiger partial charge in [0.2, 0.25) is 5.91 Å². The number of rotatable bonds is 6. The van der Waals surface area contributed by atoms with Crippen LogP contribution in [0, 0.1) is 5.92 Å². The van der Waals surface area contributed by atoms with Crippen molar-refractivity contribution in [1.29, 1.82) is 0 Å². The van der Waals surface area contributed by atoms with Crippen LogP contribution in [0.5, 0.6) is 0 Å². The Morgan fingerprint density at radius 2 is 2.10 bits per heavy atom. The fourth-order valence-electron chi connectivity index (χ4n) is 2.49. The third-order valence-electron chi connectivity index (χ3n) is 3.50. The first-order valence-corrected chi connectivity index (χ1v) is 6.96. The van der Waals surface area contributed by atoms with E-state index in [2.05, 4.69) is 13.2 Å². The highest BCUT2D eigenvalue weighted by Crippen LogP contribution is 2.30. The molecule has 1 fully saturated rings. The molecule has 1 amide bonds. The van der Waals surface area contributed by atoms with Crippen LogP contribution < -0.4 is 0 Å². The van der Waals surface area contributed by atoms with Gasteiger partial charge in [-0.1, -0.05) is 12.2 Å². The summed E-state index contributed by atoms with van der Waals surface area (Å²) >= 11 is 0. The Bertz CT molecular complexity index is 559. The summed E-state index contributed by atoms with van der Waals surface area (Å²) in [6, 6.07) is 3.56. The number of nitrogens with zero attached hydrogens (tertiary/aromatic N) is 1. The Morgan fingerprint density at radius 1 is 1.38 bits per heavy atom. The van der Waals surface area contributed by atoms with Crippen molar-refractivity contribution in [3.63, 3.8) is 0 Å². The van der Waals surface area contributed by atoms with Gasteiger partial charge in [0.15, 0.2) is 5.78 Å². The van der Waals surface area contributed by atoms with Gasteiger partial charge in [-0.05, 0) is 36.6 Å². The summed E-state index contributed by atoms with van der Waals surface area (Å²) in [5.74, 6) is -0.205. The Hall–Kier alpha value is -2.36. The van der Waals surface area contributed by atoms with Gasteiger partial charge in [-0.2, -0.15) is 0 Å². The van der Waals surface area contributed by atoms with Gasteiger partial charge in [0.1, 0.15) is 11.7 Å². The van der Waals surface area contributed by atoms with Crippen LogP contribution in [0.25, 0.3) is 6.08 Å². The van der Waals surface area contributed by atoms with Crippen LogP contribution in [-0.2, 0) is 9.59 Å². The molecule has 0 bridgehead atoms. The van der Waals surface area contributed by atoms with Crippen LogP contribution in [0.15, 0.2) is 53.7 Å². The lowest BCUT2D eigenvalue weighted by Crippen LogP contribution is -2.38. The second-order valence-corrected chi connectivity index (χ2v) is 4.96. The number of carbonyl (C=O) groups is 2. The van der Waals surface area contributed by atoms with Crippen molar-refractivity contribution in [2.45, 2.75) is 12.8 Å². The van der Waals surface area contributed by atoms with Crippen LogP contribution in [0.1, 0.15) is 18.6 Å². The molecule has 1 aromatic heterocycles. The number of ketones is 1. The van der Waals surface area contributed by atoms with Crippen molar-refractivity contribution in [3.05, 3.63) is 55.0 Å². The van der Waals surface area contributed by atoms with Gasteiger partial charge in [-0.3, -0.25) is 9.59 Å². The summed E-state index contributed by atoms with van der Waals surface area (Å²) in [5, 5.41) is 0. The molecule has 0 aliphatic heterocycles. The number of allylic oxidation sites excluding steroid dienone is 1. The van der Waals surface area contributed by atoms with Crippen LogP contribution in [0.4, 0.5) is 0 Å². The van der Waals surface area contributed by atoms with Gasteiger partial charge in [-0.25, -0.2) is 0 Å². The molecule has 1 atom stereocenters. The molecule has 1 aliphatic carbocycles. The summed E-state index contributed by atoms with van der Waals surface area (Å²) in [6.07, 6.45) is 7.74. The molecule has 0 aromatic carbocycles. The predicted molar refractivity (Wildman–Crippen MR) is 81.4 cm³/mol. The molecule has 4 heteroatoms. The maximum atomic E-state index is 12.4. The van der Waals surface area contributed by atoms with Gasteiger partial charge in [0, 0.05) is 13.1 Å². The number of amides is 1. The van der Waals surface area contributed by atoms with Gasteiger partial charge >= 0.3 is 0 Å². The minimum Gasteiger partial charge on any atom is -0.465 e. The minimum atomic E-state index is -0.592. The fraction of sp³-hybridized carbons (Fsp3) is 0.294. The van der Waals surface area contributed by atoms with Crippen molar-refractivity contribution in [3.8, 4) is 0 Å². The molecule has 0 spiro atoms. The van der Waals surface area contributed by atoms with Crippen LogP contribution in [-0.4, -0.2) is 29.7 Å². The standard InChI is InChI=1S/C17H19NO3/c1-3-9-18(10-4-2)17(20)15-8-7-13(16(15)19)12-14-6-5-11-21-14/h3-6,11-12,15H,1-2,7-10H2/b13-12+. The monoisotopic (exact) mass is 285 g/mol. The van der Waals surface area contributed by atoms with E-state index in [0.29, 0.717) is 37.3 Å². The molecule has 1 saturated carbocycles. The van der Waals surface area contributed by atoms with Gasteiger partial charge in [0.25, 0.3) is 0 Å². The molecule has 21 heavy (non-hydrogen) atoms. The zero-order valence-corrected chi connectivity index (χ0v) is 12.0. The maximum Gasteiger partial charge on any atom is 0.234 e. The Labute approximate surface area is 124 Å². The minimum absolute atomic E-state index is 0.102. The molecule has 1 unspecified atom stereocenters. The smallest absolute Gasteiger partial charge is 0.234 e. The highest BCUT2D eigenvalue weighted by atomic mass is 16.3. The first-order chi connectivity index (χ1) is 10.2. The van der Waals surface area contributed by atoms with Crippen molar-refractivity contribution >= 4 is 17.8 Å². The maximum absolute atomic E-state index is 12.4. The van der Waals surface area contributed by atoms with E-state index in [4.69, 9.17) is 4.42 Å². The molecule has 0 N–H and O–H groups in total. The van der Waals surface area contributed by atoms with E-state index in [1.807, 2.05) is 0 Å². The van der Waals surface area contributed by atoms with E-state index in [0.717, 1.165) is 0 Å². The van der Waals surface area contributed by atoms with Crippen molar-refractivity contribution in [2.75, 3.05) is 13.1 Å². The molecule has 2 rings (SSSR count).